The third kappa shape index (κ3) is 6.48. The number of sulfonamides is 1. The Morgan fingerprint density at radius 3 is 2.42 bits per heavy atom. The first-order chi connectivity index (χ1) is 19.2. The number of nitrogens with one attached hydrogen (secondary N) is 1. The SMILES string of the molecule is Cc1cc(/C=C/C#N)cc(C)c1Oc1nc(Nc2ccc(CN3CCN(S(C)(=O)=O)CC3)cc2)nc2ccsc12. The fourth-order valence-corrected chi connectivity index (χ4v) is 6.32. The molecule has 0 saturated carbocycles. The van der Waals surface area contributed by atoms with E-state index in [-0.39, 0.29) is 0 Å². The molecule has 0 atom stereocenters. The number of ether oxygens (including phenoxy) is 1. The third-order valence-electron chi connectivity index (χ3n) is 6.72. The molecule has 5 rings (SSSR count). The normalized spacial score (nSPS) is 14.9. The summed E-state index contributed by atoms with van der Waals surface area (Å²) in [5.74, 6) is 1.66. The number of hydrogen-bond donors (Lipinski definition) is 1. The van der Waals surface area contributed by atoms with Crippen molar-refractivity contribution in [3.05, 3.63) is 76.2 Å². The Morgan fingerprint density at radius 1 is 1.07 bits per heavy atom. The highest BCUT2D eigenvalue weighted by Crippen LogP contribution is 2.36. The number of aromatic nitrogens is 2. The van der Waals surface area contributed by atoms with Crippen LogP contribution in [0.5, 0.6) is 11.6 Å². The number of nitrogens with zero attached hydrogens (tertiary/aromatic N) is 5. The average Bonchev–Trinajstić information content (AvgIpc) is 3.39. The Bertz CT molecular complexity index is 1680. The Kier molecular flexibility index (Phi) is 8.14. The van der Waals surface area contributed by atoms with Crippen molar-refractivity contribution in [1.29, 1.82) is 5.26 Å². The number of allylic oxidation sites excluding steroid dienone is 1. The van der Waals surface area contributed by atoms with Gasteiger partial charge >= 0.3 is 0 Å². The summed E-state index contributed by atoms with van der Waals surface area (Å²) in [6, 6.07) is 16.0. The smallest absolute Gasteiger partial charge is 0.242 e. The molecule has 1 N–H and O–H groups in total. The van der Waals surface area contributed by atoms with E-state index in [2.05, 4.69) is 27.3 Å². The second kappa shape index (κ2) is 11.7. The fourth-order valence-electron chi connectivity index (χ4n) is 4.73. The first kappa shape index (κ1) is 27.7. The van der Waals surface area contributed by atoms with Crippen LogP contribution in [-0.2, 0) is 16.6 Å². The van der Waals surface area contributed by atoms with E-state index >= 15 is 0 Å². The molecule has 2 aromatic carbocycles. The van der Waals surface area contributed by atoms with Gasteiger partial charge in [-0.3, -0.25) is 4.90 Å². The molecule has 9 nitrogen and oxygen atoms in total. The first-order valence-electron chi connectivity index (χ1n) is 12.8. The number of thiophene rings is 1. The van der Waals surface area contributed by atoms with E-state index in [1.807, 2.05) is 55.6 Å². The molecule has 1 fully saturated rings. The first-order valence-corrected chi connectivity index (χ1v) is 15.6. The predicted molar refractivity (Wildman–Crippen MR) is 159 cm³/mol. The molecule has 1 saturated heterocycles. The van der Waals surface area contributed by atoms with E-state index in [0.29, 0.717) is 38.0 Å². The van der Waals surface area contributed by atoms with Crippen LogP contribution in [0.2, 0.25) is 0 Å². The van der Waals surface area contributed by atoms with Crippen molar-refractivity contribution in [1.82, 2.24) is 19.2 Å². The van der Waals surface area contributed by atoms with Gasteiger partial charge in [0.25, 0.3) is 0 Å². The van der Waals surface area contributed by atoms with Crippen molar-refractivity contribution in [2.45, 2.75) is 20.4 Å². The van der Waals surface area contributed by atoms with Crippen LogP contribution in [0.1, 0.15) is 22.3 Å². The molecular formula is C29H30N6O3S2. The highest BCUT2D eigenvalue weighted by atomic mass is 32.2. The number of hydrogen-bond acceptors (Lipinski definition) is 9. The lowest BCUT2D eigenvalue weighted by Crippen LogP contribution is -2.47. The quantitative estimate of drug-likeness (QED) is 0.276. The molecule has 40 heavy (non-hydrogen) atoms. The van der Waals surface area contributed by atoms with Crippen molar-refractivity contribution >= 4 is 49.3 Å². The number of rotatable bonds is 8. The van der Waals surface area contributed by atoms with Crippen molar-refractivity contribution < 1.29 is 13.2 Å². The number of aryl methyl sites for hydroxylation is 2. The van der Waals surface area contributed by atoms with Crippen LogP contribution in [0.3, 0.4) is 0 Å². The lowest BCUT2D eigenvalue weighted by Gasteiger charge is -2.33. The molecular weight excluding hydrogens is 544 g/mol. The number of anilines is 2. The lowest BCUT2D eigenvalue weighted by molar-refractivity contribution is 0.182. The number of fused-ring (bicyclic) bond motifs is 1. The zero-order valence-corrected chi connectivity index (χ0v) is 24.2. The maximum Gasteiger partial charge on any atom is 0.242 e. The molecule has 0 spiro atoms. The van der Waals surface area contributed by atoms with Crippen molar-refractivity contribution in [2.24, 2.45) is 0 Å². The van der Waals surface area contributed by atoms with Crippen molar-refractivity contribution in [3.63, 3.8) is 0 Å². The third-order valence-corrected chi connectivity index (χ3v) is 8.92. The molecule has 0 aliphatic carbocycles. The van der Waals surface area contributed by atoms with Gasteiger partial charge < -0.3 is 10.1 Å². The minimum absolute atomic E-state index is 0.439. The molecule has 206 valence electrons. The van der Waals surface area contributed by atoms with Gasteiger partial charge in [0.05, 0.1) is 17.8 Å². The molecule has 0 amide bonds. The van der Waals surface area contributed by atoms with Gasteiger partial charge in [-0.05, 0) is 77.9 Å². The monoisotopic (exact) mass is 574 g/mol. The summed E-state index contributed by atoms with van der Waals surface area (Å²) >= 11 is 1.53. The molecule has 1 aliphatic heterocycles. The molecule has 2 aromatic heterocycles. The maximum absolute atomic E-state index is 11.8. The van der Waals surface area contributed by atoms with Crippen LogP contribution in [0.4, 0.5) is 11.6 Å². The predicted octanol–water partition coefficient (Wildman–Crippen LogP) is 5.46. The van der Waals surface area contributed by atoms with Crippen LogP contribution < -0.4 is 10.1 Å². The highest BCUT2D eigenvalue weighted by Gasteiger charge is 2.23. The summed E-state index contributed by atoms with van der Waals surface area (Å²) in [5.41, 5.74) is 5.64. The Hall–Kier alpha value is -3.82. The minimum Gasteiger partial charge on any atom is -0.437 e. The summed E-state index contributed by atoms with van der Waals surface area (Å²) in [6.07, 6.45) is 4.50. The molecule has 0 radical (unpaired) electrons. The van der Waals surface area contributed by atoms with Crippen molar-refractivity contribution in [2.75, 3.05) is 37.8 Å². The Morgan fingerprint density at radius 2 is 1.77 bits per heavy atom. The number of benzene rings is 2. The number of piperazine rings is 1. The van der Waals surface area contributed by atoms with E-state index in [1.54, 1.807) is 6.08 Å². The summed E-state index contributed by atoms with van der Waals surface area (Å²) in [4.78, 5) is 11.6. The van der Waals surface area contributed by atoms with Crippen LogP contribution in [0, 0.1) is 25.2 Å². The second-order valence-corrected chi connectivity index (χ2v) is 12.7. The number of nitriles is 1. The van der Waals surface area contributed by atoms with Gasteiger partial charge in [-0.2, -0.15) is 14.6 Å². The summed E-state index contributed by atoms with van der Waals surface area (Å²) in [5, 5.41) is 14.1. The molecule has 4 aromatic rings. The molecule has 1 aliphatic rings. The van der Waals surface area contributed by atoms with Gasteiger partial charge in [-0.25, -0.2) is 13.4 Å². The molecule has 0 bridgehead atoms. The van der Waals surface area contributed by atoms with Gasteiger partial charge in [0.15, 0.2) is 0 Å². The summed E-state index contributed by atoms with van der Waals surface area (Å²) in [7, 11) is -3.13. The fraction of sp³-hybridized carbons (Fsp3) is 0.276. The molecule has 3 heterocycles. The largest absolute Gasteiger partial charge is 0.437 e. The molecule has 11 heteroatoms. The topological polar surface area (TPSA) is 111 Å². The van der Waals surface area contributed by atoms with E-state index in [4.69, 9.17) is 15.0 Å². The minimum atomic E-state index is -3.13. The van der Waals surface area contributed by atoms with Gasteiger partial charge in [0.2, 0.25) is 21.9 Å². The van der Waals surface area contributed by atoms with Gasteiger partial charge in [0, 0.05) is 44.5 Å². The maximum atomic E-state index is 11.8. The van der Waals surface area contributed by atoms with Crippen molar-refractivity contribution in [3.8, 4) is 17.7 Å². The van der Waals surface area contributed by atoms with Gasteiger partial charge in [-0.15, -0.1) is 11.3 Å². The van der Waals surface area contributed by atoms with E-state index in [0.717, 1.165) is 50.5 Å². The van der Waals surface area contributed by atoms with Crippen LogP contribution in [0.25, 0.3) is 16.3 Å². The summed E-state index contributed by atoms with van der Waals surface area (Å²) < 4.78 is 32.3. The van der Waals surface area contributed by atoms with Crippen LogP contribution >= 0.6 is 11.3 Å². The van der Waals surface area contributed by atoms with Gasteiger partial charge in [-0.1, -0.05) is 12.1 Å². The van der Waals surface area contributed by atoms with Gasteiger partial charge in [0.1, 0.15) is 10.4 Å². The Labute approximate surface area is 238 Å². The highest BCUT2D eigenvalue weighted by molar-refractivity contribution is 7.88. The van der Waals surface area contributed by atoms with E-state index < -0.39 is 10.0 Å². The standard InChI is InChI=1S/C29H30N6O3S2/c1-20-17-23(5-4-11-30)18-21(2)26(20)38-28-27-25(10-16-39-27)32-29(33-28)31-24-8-6-22(7-9-24)19-34-12-14-35(15-13-34)40(3,36)37/h4-10,16-18H,12-15,19H2,1-3H3,(H,31,32,33)/b5-4+. The average molecular weight is 575 g/mol. The summed E-state index contributed by atoms with van der Waals surface area (Å²) in [6.45, 7) is 7.18. The van der Waals surface area contributed by atoms with E-state index in [1.165, 1.54) is 28.0 Å². The Balaban J connectivity index is 1.30. The van der Waals surface area contributed by atoms with Crippen LogP contribution in [0.15, 0.2) is 53.9 Å². The lowest BCUT2D eigenvalue weighted by atomic mass is 10.1. The van der Waals surface area contributed by atoms with E-state index in [9.17, 15) is 8.42 Å². The zero-order valence-electron chi connectivity index (χ0n) is 22.6. The van der Waals surface area contributed by atoms with Crippen LogP contribution in [-0.4, -0.2) is 60.0 Å². The zero-order chi connectivity index (χ0) is 28.3. The molecule has 0 unspecified atom stereocenters. The second-order valence-electron chi connectivity index (χ2n) is 9.80.